The van der Waals surface area contributed by atoms with E-state index in [2.05, 4.69) is 25.8 Å². The summed E-state index contributed by atoms with van der Waals surface area (Å²) < 4.78 is 13.2. The van der Waals surface area contributed by atoms with E-state index in [4.69, 9.17) is 11.5 Å². The molecule has 0 unspecified atom stereocenters. The summed E-state index contributed by atoms with van der Waals surface area (Å²) in [6.07, 6.45) is 2.94. The molecule has 2 heterocycles. The van der Waals surface area contributed by atoms with Gasteiger partial charge in [0, 0.05) is 49.9 Å². The number of hydrogen-bond donors (Lipinski definition) is 2. The van der Waals surface area contributed by atoms with E-state index in [9.17, 15) is 4.39 Å². The van der Waals surface area contributed by atoms with Crippen LogP contribution in [0.3, 0.4) is 0 Å². The minimum atomic E-state index is -0.204. The van der Waals surface area contributed by atoms with Gasteiger partial charge in [0.25, 0.3) is 0 Å². The van der Waals surface area contributed by atoms with Gasteiger partial charge in [0.05, 0.1) is 5.69 Å². The van der Waals surface area contributed by atoms with Crippen LogP contribution in [0.4, 0.5) is 21.8 Å². The third-order valence-corrected chi connectivity index (χ3v) is 5.35. The average Bonchev–Trinajstić information content (AvgIpc) is 2.85. The Bertz CT molecular complexity index is 759. The van der Waals surface area contributed by atoms with Crippen molar-refractivity contribution in [3.05, 3.63) is 41.8 Å². The average molecular weight is 356 g/mol. The van der Waals surface area contributed by atoms with Crippen molar-refractivity contribution in [3.8, 4) is 0 Å². The van der Waals surface area contributed by atoms with Gasteiger partial charge in [-0.2, -0.15) is 4.98 Å². The van der Waals surface area contributed by atoms with Crippen molar-refractivity contribution in [2.75, 3.05) is 41.7 Å². The number of nitrogen functional groups attached to an aromatic ring is 1. The van der Waals surface area contributed by atoms with Crippen LogP contribution in [-0.2, 0) is 0 Å². The Morgan fingerprint density at radius 1 is 0.962 bits per heavy atom. The van der Waals surface area contributed by atoms with Crippen LogP contribution in [0.1, 0.15) is 30.9 Å². The molecule has 0 amide bonds. The van der Waals surface area contributed by atoms with Gasteiger partial charge in [0.1, 0.15) is 11.6 Å². The Morgan fingerprint density at radius 3 is 2.38 bits per heavy atom. The highest BCUT2D eigenvalue weighted by molar-refractivity contribution is 5.49. The number of anilines is 3. The van der Waals surface area contributed by atoms with Gasteiger partial charge in [-0.1, -0.05) is 0 Å². The summed E-state index contributed by atoms with van der Waals surface area (Å²) >= 11 is 0. The van der Waals surface area contributed by atoms with Crippen LogP contribution in [0.15, 0.2) is 30.3 Å². The Balaban J connectivity index is 1.48. The van der Waals surface area contributed by atoms with Crippen LogP contribution in [0.25, 0.3) is 0 Å². The first kappa shape index (κ1) is 17.0. The SMILES string of the molecule is Nc1nc(C2CC(N)C2)cc(N2CCCN(c3ccc(F)cc3)CC2)n1. The first-order valence-corrected chi connectivity index (χ1v) is 9.24. The Hall–Kier alpha value is -2.41. The molecule has 0 radical (unpaired) electrons. The molecule has 4 rings (SSSR count). The van der Waals surface area contributed by atoms with Gasteiger partial charge in [-0.15, -0.1) is 0 Å². The molecule has 1 aliphatic heterocycles. The van der Waals surface area contributed by atoms with Gasteiger partial charge in [-0.25, -0.2) is 9.37 Å². The Morgan fingerprint density at radius 2 is 1.65 bits per heavy atom. The lowest BCUT2D eigenvalue weighted by molar-refractivity contribution is 0.345. The van der Waals surface area contributed by atoms with Crippen molar-refractivity contribution in [1.29, 1.82) is 0 Å². The number of benzene rings is 1. The highest BCUT2D eigenvalue weighted by Gasteiger charge is 2.29. The van der Waals surface area contributed by atoms with E-state index in [0.717, 1.165) is 62.6 Å². The number of rotatable bonds is 3. The minimum absolute atomic E-state index is 0.204. The Labute approximate surface area is 153 Å². The molecule has 2 fully saturated rings. The molecule has 1 aliphatic carbocycles. The third-order valence-electron chi connectivity index (χ3n) is 5.35. The van der Waals surface area contributed by atoms with Crippen LogP contribution in [0.5, 0.6) is 0 Å². The Kier molecular flexibility index (Phi) is 4.63. The topological polar surface area (TPSA) is 84.3 Å². The maximum absolute atomic E-state index is 13.2. The van der Waals surface area contributed by atoms with Crippen LogP contribution < -0.4 is 21.3 Å². The van der Waals surface area contributed by atoms with Crippen LogP contribution in [0, 0.1) is 5.82 Å². The second-order valence-corrected chi connectivity index (χ2v) is 7.24. The van der Waals surface area contributed by atoms with E-state index >= 15 is 0 Å². The molecule has 26 heavy (non-hydrogen) atoms. The van der Waals surface area contributed by atoms with Crippen molar-refractivity contribution in [1.82, 2.24) is 9.97 Å². The first-order valence-electron chi connectivity index (χ1n) is 9.24. The summed E-state index contributed by atoms with van der Waals surface area (Å²) in [5, 5.41) is 0. The molecule has 1 aromatic carbocycles. The molecule has 7 heteroatoms. The highest BCUT2D eigenvalue weighted by Crippen LogP contribution is 2.36. The van der Waals surface area contributed by atoms with E-state index in [-0.39, 0.29) is 11.9 Å². The van der Waals surface area contributed by atoms with Gasteiger partial charge in [0.15, 0.2) is 0 Å². The fraction of sp³-hybridized carbons (Fsp3) is 0.474. The molecule has 6 nitrogen and oxygen atoms in total. The molecule has 1 saturated heterocycles. The summed E-state index contributed by atoms with van der Waals surface area (Å²) in [5.74, 6) is 1.42. The van der Waals surface area contributed by atoms with Crippen LogP contribution in [0.2, 0.25) is 0 Å². The molecule has 138 valence electrons. The zero-order chi connectivity index (χ0) is 18.1. The summed E-state index contributed by atoms with van der Waals surface area (Å²) in [4.78, 5) is 13.4. The monoisotopic (exact) mass is 356 g/mol. The van der Waals surface area contributed by atoms with Crippen molar-refractivity contribution < 1.29 is 4.39 Å². The number of nitrogens with zero attached hydrogens (tertiary/aromatic N) is 4. The zero-order valence-corrected chi connectivity index (χ0v) is 14.8. The summed E-state index contributed by atoms with van der Waals surface area (Å²) in [7, 11) is 0. The predicted molar refractivity (Wildman–Crippen MR) is 102 cm³/mol. The largest absolute Gasteiger partial charge is 0.370 e. The fourth-order valence-corrected chi connectivity index (χ4v) is 3.80. The first-order chi connectivity index (χ1) is 12.6. The van der Waals surface area contributed by atoms with Crippen LogP contribution >= 0.6 is 0 Å². The van der Waals surface area contributed by atoms with Gasteiger partial charge in [-0.3, -0.25) is 0 Å². The van der Waals surface area contributed by atoms with Gasteiger partial charge >= 0.3 is 0 Å². The number of halogens is 1. The molecule has 0 atom stereocenters. The number of hydrogen-bond acceptors (Lipinski definition) is 6. The summed E-state index contributed by atoms with van der Waals surface area (Å²) in [6.45, 7) is 3.56. The molecule has 2 aliphatic rings. The van der Waals surface area contributed by atoms with Gasteiger partial charge in [-0.05, 0) is 43.5 Å². The van der Waals surface area contributed by atoms with E-state index in [1.54, 1.807) is 0 Å². The lowest BCUT2D eigenvalue weighted by atomic mass is 9.78. The van der Waals surface area contributed by atoms with E-state index in [1.165, 1.54) is 12.1 Å². The lowest BCUT2D eigenvalue weighted by Crippen LogP contribution is -2.35. The van der Waals surface area contributed by atoms with Crippen molar-refractivity contribution in [2.24, 2.45) is 5.73 Å². The standard InChI is InChI=1S/C19H25FN6/c20-14-2-4-16(5-3-14)25-6-1-7-26(9-8-25)18-12-17(23-19(22)24-18)13-10-15(21)11-13/h2-5,12-13,15H,1,6-11,21H2,(H2,22,23,24). The van der Waals surface area contributed by atoms with E-state index < -0.39 is 0 Å². The fourth-order valence-electron chi connectivity index (χ4n) is 3.80. The number of aromatic nitrogens is 2. The second kappa shape index (κ2) is 7.07. The quantitative estimate of drug-likeness (QED) is 0.876. The van der Waals surface area contributed by atoms with Gasteiger partial charge < -0.3 is 21.3 Å². The van der Waals surface area contributed by atoms with Gasteiger partial charge in [0.2, 0.25) is 5.95 Å². The van der Waals surface area contributed by atoms with Crippen LogP contribution in [-0.4, -0.2) is 42.2 Å². The van der Waals surface area contributed by atoms with Crippen molar-refractivity contribution in [2.45, 2.75) is 31.2 Å². The molecule has 4 N–H and O–H groups in total. The molecule has 1 aromatic heterocycles. The lowest BCUT2D eigenvalue weighted by Gasteiger charge is -2.32. The molecule has 1 saturated carbocycles. The maximum atomic E-state index is 13.2. The predicted octanol–water partition coefficient (Wildman–Crippen LogP) is 2.12. The third kappa shape index (κ3) is 3.58. The zero-order valence-electron chi connectivity index (χ0n) is 14.8. The summed E-state index contributed by atoms with van der Waals surface area (Å²) in [5.41, 5.74) is 13.9. The number of nitrogens with two attached hydrogens (primary N) is 2. The molecular weight excluding hydrogens is 331 g/mol. The normalized spacial score (nSPS) is 23.5. The highest BCUT2D eigenvalue weighted by atomic mass is 19.1. The van der Waals surface area contributed by atoms with Crippen molar-refractivity contribution >= 4 is 17.5 Å². The molecule has 0 bridgehead atoms. The molecule has 2 aromatic rings. The van der Waals surface area contributed by atoms with Crippen molar-refractivity contribution in [3.63, 3.8) is 0 Å². The molecular formula is C19H25FN6. The van der Waals surface area contributed by atoms with E-state index in [0.29, 0.717) is 11.9 Å². The minimum Gasteiger partial charge on any atom is -0.370 e. The molecule has 0 spiro atoms. The summed E-state index contributed by atoms with van der Waals surface area (Å²) in [6, 6.07) is 9.05. The smallest absolute Gasteiger partial charge is 0.222 e. The van der Waals surface area contributed by atoms with E-state index in [1.807, 2.05) is 12.1 Å². The second-order valence-electron chi connectivity index (χ2n) is 7.24. The maximum Gasteiger partial charge on any atom is 0.222 e.